The molecule has 0 atom stereocenters. The van der Waals surface area contributed by atoms with E-state index in [9.17, 15) is 23.1 Å². The molecule has 0 aliphatic carbocycles. The first-order chi connectivity index (χ1) is 13.6. The second-order valence-corrected chi connectivity index (χ2v) is 6.85. The molecule has 29 heavy (non-hydrogen) atoms. The molecule has 152 valence electrons. The summed E-state index contributed by atoms with van der Waals surface area (Å²) in [6.07, 6.45) is -4.48. The van der Waals surface area contributed by atoms with Crippen LogP contribution in [0, 0.1) is 20.8 Å². The van der Waals surface area contributed by atoms with Crippen molar-refractivity contribution in [3.63, 3.8) is 0 Å². The molecular weight excluding hydrogens is 383 g/mol. The lowest BCUT2D eigenvalue weighted by Gasteiger charge is -2.10. The van der Waals surface area contributed by atoms with Crippen LogP contribution in [0.3, 0.4) is 0 Å². The third-order valence-electron chi connectivity index (χ3n) is 4.62. The number of aromatic nitrogens is 2. The van der Waals surface area contributed by atoms with Crippen LogP contribution in [0.25, 0.3) is 5.69 Å². The number of hydrogen-bond acceptors (Lipinski definition) is 3. The van der Waals surface area contributed by atoms with Gasteiger partial charge in [0, 0.05) is 11.3 Å². The van der Waals surface area contributed by atoms with E-state index in [-0.39, 0.29) is 23.8 Å². The number of nitrogens with one attached hydrogen (secondary N) is 1. The fraction of sp³-hybridized carbons (Fsp3) is 0.238. The molecule has 0 saturated heterocycles. The van der Waals surface area contributed by atoms with E-state index in [1.54, 1.807) is 26.0 Å². The summed E-state index contributed by atoms with van der Waals surface area (Å²) in [6, 6.07) is 9.78. The van der Waals surface area contributed by atoms with Crippen LogP contribution in [-0.2, 0) is 17.4 Å². The molecule has 2 aromatic carbocycles. The van der Waals surface area contributed by atoms with Gasteiger partial charge in [-0.15, -0.1) is 0 Å². The molecule has 0 spiro atoms. The Morgan fingerprint density at radius 3 is 2.52 bits per heavy atom. The van der Waals surface area contributed by atoms with Crippen molar-refractivity contribution in [3.8, 4) is 11.4 Å². The number of amides is 1. The van der Waals surface area contributed by atoms with Crippen molar-refractivity contribution in [2.75, 3.05) is 5.32 Å². The van der Waals surface area contributed by atoms with Gasteiger partial charge >= 0.3 is 6.18 Å². The van der Waals surface area contributed by atoms with E-state index < -0.39 is 11.7 Å². The average molecular weight is 403 g/mol. The summed E-state index contributed by atoms with van der Waals surface area (Å²) < 4.78 is 40.4. The van der Waals surface area contributed by atoms with E-state index in [4.69, 9.17) is 0 Å². The molecule has 2 N–H and O–H groups in total. The maximum absolute atomic E-state index is 13.0. The van der Waals surface area contributed by atoms with Crippen molar-refractivity contribution < 1.29 is 23.1 Å². The number of alkyl halides is 3. The standard InChI is InChI=1S/C21H20F3N3O2/c1-12-7-8-18(19(28)9-12)25-20(29)11-17-13(2)26-27(14(17)3)16-6-4-5-15(10-16)21(22,23)24/h4-10,28H,11H2,1-3H3,(H,25,29). The minimum absolute atomic E-state index is 0.0239. The average Bonchev–Trinajstić information content (AvgIpc) is 2.92. The summed E-state index contributed by atoms with van der Waals surface area (Å²) in [5, 5.41) is 16.9. The highest BCUT2D eigenvalue weighted by Crippen LogP contribution is 2.31. The van der Waals surface area contributed by atoms with Crippen LogP contribution in [0.15, 0.2) is 42.5 Å². The zero-order chi connectivity index (χ0) is 21.3. The predicted molar refractivity (Wildman–Crippen MR) is 103 cm³/mol. The topological polar surface area (TPSA) is 67.2 Å². The normalized spacial score (nSPS) is 11.5. The fourth-order valence-corrected chi connectivity index (χ4v) is 3.10. The molecule has 0 saturated carbocycles. The van der Waals surface area contributed by atoms with Crippen LogP contribution in [0.4, 0.5) is 18.9 Å². The first-order valence-corrected chi connectivity index (χ1v) is 8.88. The van der Waals surface area contributed by atoms with E-state index in [2.05, 4.69) is 10.4 Å². The molecule has 8 heteroatoms. The van der Waals surface area contributed by atoms with Gasteiger partial charge in [-0.25, -0.2) is 4.68 Å². The highest BCUT2D eigenvalue weighted by atomic mass is 19.4. The van der Waals surface area contributed by atoms with Gasteiger partial charge in [0.05, 0.1) is 29.1 Å². The number of halogens is 3. The van der Waals surface area contributed by atoms with Crippen molar-refractivity contribution in [2.24, 2.45) is 0 Å². The molecule has 0 aliphatic rings. The number of carbonyl (C=O) groups excluding carboxylic acids is 1. The van der Waals surface area contributed by atoms with Gasteiger partial charge in [0.2, 0.25) is 5.91 Å². The Morgan fingerprint density at radius 2 is 1.86 bits per heavy atom. The number of benzene rings is 2. The summed E-state index contributed by atoms with van der Waals surface area (Å²) in [4.78, 5) is 12.4. The number of rotatable bonds is 4. The Bertz CT molecular complexity index is 1070. The van der Waals surface area contributed by atoms with Gasteiger partial charge < -0.3 is 10.4 Å². The number of phenols is 1. The first-order valence-electron chi connectivity index (χ1n) is 8.88. The van der Waals surface area contributed by atoms with E-state index in [0.29, 0.717) is 22.6 Å². The molecule has 0 fully saturated rings. The minimum atomic E-state index is -4.45. The number of aryl methyl sites for hydroxylation is 2. The number of hydrogen-bond donors (Lipinski definition) is 2. The molecule has 1 amide bonds. The lowest BCUT2D eigenvalue weighted by atomic mass is 10.1. The summed E-state index contributed by atoms with van der Waals surface area (Å²) >= 11 is 0. The minimum Gasteiger partial charge on any atom is -0.506 e. The molecule has 3 aromatic rings. The number of nitrogens with zero attached hydrogens (tertiary/aromatic N) is 2. The number of anilines is 1. The Hall–Kier alpha value is -3.29. The molecule has 3 rings (SSSR count). The fourth-order valence-electron chi connectivity index (χ4n) is 3.10. The lowest BCUT2D eigenvalue weighted by molar-refractivity contribution is -0.137. The Morgan fingerprint density at radius 1 is 1.14 bits per heavy atom. The van der Waals surface area contributed by atoms with Crippen molar-refractivity contribution in [3.05, 3.63) is 70.5 Å². The van der Waals surface area contributed by atoms with E-state index >= 15 is 0 Å². The zero-order valence-corrected chi connectivity index (χ0v) is 16.1. The molecule has 0 bridgehead atoms. The van der Waals surface area contributed by atoms with Gasteiger partial charge in [-0.2, -0.15) is 18.3 Å². The predicted octanol–water partition coefficient (Wildman–Crippen LogP) is 4.70. The first kappa shape index (κ1) is 20.4. The van der Waals surface area contributed by atoms with E-state index in [1.807, 2.05) is 6.92 Å². The van der Waals surface area contributed by atoms with Gasteiger partial charge in [0.15, 0.2) is 0 Å². The summed E-state index contributed by atoms with van der Waals surface area (Å²) in [5.74, 6) is -0.398. The molecule has 5 nitrogen and oxygen atoms in total. The Labute approximate surface area is 165 Å². The molecular formula is C21H20F3N3O2. The van der Waals surface area contributed by atoms with Crippen LogP contribution in [0.5, 0.6) is 5.75 Å². The smallest absolute Gasteiger partial charge is 0.416 e. The van der Waals surface area contributed by atoms with Crippen LogP contribution in [-0.4, -0.2) is 20.8 Å². The van der Waals surface area contributed by atoms with Crippen LogP contribution < -0.4 is 5.32 Å². The third kappa shape index (κ3) is 4.42. The van der Waals surface area contributed by atoms with Gasteiger partial charge in [-0.3, -0.25) is 4.79 Å². The van der Waals surface area contributed by atoms with E-state index in [1.165, 1.54) is 22.9 Å². The van der Waals surface area contributed by atoms with Gasteiger partial charge in [0.25, 0.3) is 0 Å². The summed E-state index contributed by atoms with van der Waals surface area (Å²) in [7, 11) is 0. The number of carbonyl (C=O) groups is 1. The van der Waals surface area contributed by atoms with Crippen molar-refractivity contribution in [1.82, 2.24) is 9.78 Å². The lowest BCUT2D eigenvalue weighted by Crippen LogP contribution is -2.15. The van der Waals surface area contributed by atoms with Crippen molar-refractivity contribution in [2.45, 2.75) is 33.4 Å². The second kappa shape index (κ2) is 7.62. The maximum atomic E-state index is 13.0. The van der Waals surface area contributed by atoms with Gasteiger partial charge in [0.1, 0.15) is 5.75 Å². The zero-order valence-electron chi connectivity index (χ0n) is 16.1. The highest BCUT2D eigenvalue weighted by Gasteiger charge is 2.30. The Kier molecular flexibility index (Phi) is 5.37. The Balaban J connectivity index is 1.85. The number of aromatic hydroxyl groups is 1. The monoisotopic (exact) mass is 403 g/mol. The van der Waals surface area contributed by atoms with Gasteiger partial charge in [-0.1, -0.05) is 12.1 Å². The molecule has 1 heterocycles. The van der Waals surface area contributed by atoms with Crippen LogP contribution >= 0.6 is 0 Å². The molecule has 0 aliphatic heterocycles. The number of phenolic OH excluding ortho intramolecular Hbond substituents is 1. The maximum Gasteiger partial charge on any atom is 0.416 e. The summed E-state index contributed by atoms with van der Waals surface area (Å²) in [5.41, 5.74) is 2.38. The van der Waals surface area contributed by atoms with Crippen LogP contribution in [0.2, 0.25) is 0 Å². The second-order valence-electron chi connectivity index (χ2n) is 6.85. The van der Waals surface area contributed by atoms with E-state index in [0.717, 1.165) is 17.7 Å². The van der Waals surface area contributed by atoms with Gasteiger partial charge in [-0.05, 0) is 56.7 Å². The summed E-state index contributed by atoms with van der Waals surface area (Å²) in [6.45, 7) is 5.22. The van der Waals surface area contributed by atoms with Crippen molar-refractivity contribution in [1.29, 1.82) is 0 Å². The largest absolute Gasteiger partial charge is 0.506 e. The third-order valence-corrected chi connectivity index (χ3v) is 4.62. The highest BCUT2D eigenvalue weighted by molar-refractivity contribution is 5.93. The molecule has 0 radical (unpaired) electrons. The van der Waals surface area contributed by atoms with Crippen molar-refractivity contribution >= 4 is 11.6 Å². The SMILES string of the molecule is Cc1ccc(NC(=O)Cc2c(C)nn(-c3cccc(C(F)(F)F)c3)c2C)c(O)c1. The molecule has 0 unspecified atom stereocenters. The molecule has 1 aromatic heterocycles. The van der Waals surface area contributed by atoms with Crippen LogP contribution in [0.1, 0.15) is 28.1 Å². The quantitative estimate of drug-likeness (QED) is 0.621.